The Morgan fingerprint density at radius 2 is 1.74 bits per heavy atom. The number of fused-ring (bicyclic) bond motifs is 1. The van der Waals surface area contributed by atoms with Gasteiger partial charge in [-0.15, -0.1) is 0 Å². The molecular formula is C25H24ClN3OS. The number of nitrogens with zero attached hydrogens (tertiary/aromatic N) is 2. The molecule has 0 fully saturated rings. The average Bonchev–Trinajstić information content (AvgIpc) is 3.16. The predicted octanol–water partition coefficient (Wildman–Crippen LogP) is 5.96. The van der Waals surface area contributed by atoms with E-state index in [-0.39, 0.29) is 11.9 Å². The standard InChI is InChI=1S/C25H24ClN3OS/c1-31-16-15-22(28-25(30)19-11-5-6-12-20(19)26)24-27-21-13-7-8-14-23(21)29(24)17-18-9-3-2-4-10-18/h2-14,22H,15-17H2,1H3,(H,28,30). The molecule has 1 unspecified atom stereocenters. The Hall–Kier alpha value is -2.76. The summed E-state index contributed by atoms with van der Waals surface area (Å²) in [6.45, 7) is 0.689. The number of carbonyl (C=O) groups excluding carboxylic acids is 1. The molecule has 1 N–H and O–H groups in total. The van der Waals surface area contributed by atoms with Crippen molar-refractivity contribution < 1.29 is 4.79 Å². The summed E-state index contributed by atoms with van der Waals surface area (Å²) >= 11 is 8.02. The van der Waals surface area contributed by atoms with Gasteiger partial charge in [-0.2, -0.15) is 11.8 Å². The Bertz CT molecular complexity index is 1180. The molecule has 0 radical (unpaired) electrons. The Morgan fingerprint density at radius 1 is 1.03 bits per heavy atom. The summed E-state index contributed by atoms with van der Waals surface area (Å²) in [6, 6.07) is 25.3. The molecule has 0 aliphatic heterocycles. The molecule has 1 heterocycles. The van der Waals surface area contributed by atoms with Crippen molar-refractivity contribution in [3.05, 3.63) is 101 Å². The third-order valence-electron chi connectivity index (χ3n) is 5.21. The van der Waals surface area contributed by atoms with E-state index >= 15 is 0 Å². The molecule has 3 aromatic carbocycles. The van der Waals surface area contributed by atoms with Gasteiger partial charge in [0, 0.05) is 6.54 Å². The number of nitrogens with one attached hydrogen (secondary N) is 1. The monoisotopic (exact) mass is 449 g/mol. The molecule has 0 saturated heterocycles. The fourth-order valence-corrected chi connectivity index (χ4v) is 4.37. The molecule has 1 aromatic heterocycles. The first-order chi connectivity index (χ1) is 15.2. The lowest BCUT2D eigenvalue weighted by atomic mass is 10.1. The van der Waals surface area contributed by atoms with Crippen molar-refractivity contribution >= 4 is 40.3 Å². The van der Waals surface area contributed by atoms with E-state index in [1.54, 1.807) is 23.9 Å². The molecule has 4 aromatic rings. The molecule has 0 aliphatic carbocycles. The van der Waals surface area contributed by atoms with Gasteiger partial charge in [-0.05, 0) is 48.3 Å². The number of carbonyl (C=O) groups is 1. The molecule has 158 valence electrons. The summed E-state index contributed by atoms with van der Waals surface area (Å²) in [7, 11) is 0. The van der Waals surface area contributed by atoms with Crippen LogP contribution in [0.15, 0.2) is 78.9 Å². The molecule has 0 bridgehead atoms. The lowest BCUT2D eigenvalue weighted by molar-refractivity contribution is 0.0933. The summed E-state index contributed by atoms with van der Waals surface area (Å²) < 4.78 is 2.21. The van der Waals surface area contributed by atoms with Crippen molar-refractivity contribution in [1.82, 2.24) is 14.9 Å². The van der Waals surface area contributed by atoms with E-state index in [9.17, 15) is 4.79 Å². The fraction of sp³-hybridized carbons (Fsp3) is 0.200. The van der Waals surface area contributed by atoms with Crippen LogP contribution in [0.1, 0.15) is 34.2 Å². The maximum absolute atomic E-state index is 13.1. The number of rotatable bonds is 8. The van der Waals surface area contributed by atoms with Crippen molar-refractivity contribution in [1.29, 1.82) is 0 Å². The number of benzene rings is 3. The highest BCUT2D eigenvalue weighted by Crippen LogP contribution is 2.26. The minimum atomic E-state index is -0.229. The first kappa shape index (κ1) is 21.5. The maximum Gasteiger partial charge on any atom is 0.253 e. The number of thioether (sulfide) groups is 1. The SMILES string of the molecule is CSCCC(NC(=O)c1ccccc1Cl)c1nc2ccccc2n1Cc1ccccc1. The zero-order valence-electron chi connectivity index (χ0n) is 17.3. The Balaban J connectivity index is 1.74. The quantitative estimate of drug-likeness (QED) is 0.361. The third kappa shape index (κ3) is 4.94. The van der Waals surface area contributed by atoms with Crippen molar-refractivity contribution in [2.75, 3.05) is 12.0 Å². The second kappa shape index (κ2) is 10.0. The van der Waals surface area contributed by atoms with Gasteiger partial charge in [-0.1, -0.05) is 66.2 Å². The van der Waals surface area contributed by atoms with Crippen LogP contribution >= 0.6 is 23.4 Å². The van der Waals surface area contributed by atoms with Crippen LogP contribution in [0.3, 0.4) is 0 Å². The second-order valence-electron chi connectivity index (χ2n) is 7.32. The van der Waals surface area contributed by atoms with Gasteiger partial charge in [0.25, 0.3) is 5.91 Å². The second-order valence-corrected chi connectivity index (χ2v) is 8.71. The van der Waals surface area contributed by atoms with E-state index in [0.29, 0.717) is 17.1 Å². The lowest BCUT2D eigenvalue weighted by Gasteiger charge is -2.20. The summed E-state index contributed by atoms with van der Waals surface area (Å²) in [4.78, 5) is 18.0. The third-order valence-corrected chi connectivity index (χ3v) is 6.19. The molecule has 6 heteroatoms. The summed E-state index contributed by atoms with van der Waals surface area (Å²) in [5.41, 5.74) is 3.65. The molecule has 1 atom stereocenters. The van der Waals surface area contributed by atoms with Gasteiger partial charge < -0.3 is 9.88 Å². The van der Waals surface area contributed by atoms with Crippen molar-refractivity contribution in [2.24, 2.45) is 0 Å². The van der Waals surface area contributed by atoms with Crippen LogP contribution in [-0.4, -0.2) is 27.5 Å². The number of hydrogen-bond acceptors (Lipinski definition) is 3. The first-order valence-electron chi connectivity index (χ1n) is 10.2. The molecule has 1 amide bonds. The zero-order chi connectivity index (χ0) is 21.6. The Kier molecular flexibility index (Phi) is 6.95. The number of halogens is 1. The minimum absolute atomic E-state index is 0.185. The van der Waals surface area contributed by atoms with Crippen LogP contribution in [0.4, 0.5) is 0 Å². The van der Waals surface area contributed by atoms with Crippen LogP contribution in [0.2, 0.25) is 5.02 Å². The molecule has 0 saturated carbocycles. The summed E-state index contributed by atoms with van der Waals surface area (Å²) in [5, 5.41) is 3.64. The predicted molar refractivity (Wildman–Crippen MR) is 130 cm³/mol. The van der Waals surface area contributed by atoms with Gasteiger partial charge in [-0.25, -0.2) is 4.98 Å². The van der Waals surface area contributed by atoms with E-state index in [1.807, 2.05) is 48.5 Å². The normalized spacial score (nSPS) is 12.1. The van der Waals surface area contributed by atoms with E-state index in [2.05, 4.69) is 34.3 Å². The Labute approximate surface area is 191 Å². The molecule has 0 aliphatic rings. The van der Waals surface area contributed by atoms with Gasteiger partial charge >= 0.3 is 0 Å². The Morgan fingerprint density at radius 3 is 2.52 bits per heavy atom. The van der Waals surface area contributed by atoms with Crippen LogP contribution in [0, 0.1) is 0 Å². The molecule has 31 heavy (non-hydrogen) atoms. The van der Waals surface area contributed by atoms with Crippen molar-refractivity contribution in [3.8, 4) is 0 Å². The van der Waals surface area contributed by atoms with Gasteiger partial charge in [0.2, 0.25) is 0 Å². The molecule has 0 spiro atoms. The van der Waals surface area contributed by atoms with E-state index in [1.165, 1.54) is 5.56 Å². The van der Waals surface area contributed by atoms with Gasteiger partial charge in [-0.3, -0.25) is 4.79 Å². The number of imidazole rings is 1. The number of amides is 1. The zero-order valence-corrected chi connectivity index (χ0v) is 18.9. The van der Waals surface area contributed by atoms with Gasteiger partial charge in [0.1, 0.15) is 5.82 Å². The van der Waals surface area contributed by atoms with Crippen LogP contribution < -0.4 is 5.32 Å². The van der Waals surface area contributed by atoms with E-state index < -0.39 is 0 Å². The maximum atomic E-state index is 13.1. The largest absolute Gasteiger partial charge is 0.342 e. The highest BCUT2D eigenvalue weighted by Gasteiger charge is 2.23. The lowest BCUT2D eigenvalue weighted by Crippen LogP contribution is -2.31. The summed E-state index contributed by atoms with van der Waals surface area (Å²) in [5.74, 6) is 1.58. The van der Waals surface area contributed by atoms with Crippen LogP contribution in [0.5, 0.6) is 0 Å². The van der Waals surface area contributed by atoms with E-state index in [0.717, 1.165) is 29.0 Å². The minimum Gasteiger partial charge on any atom is -0.342 e. The molecule has 4 nitrogen and oxygen atoms in total. The average molecular weight is 450 g/mol. The number of aromatic nitrogens is 2. The first-order valence-corrected chi connectivity index (χ1v) is 12.0. The van der Waals surface area contributed by atoms with Crippen LogP contribution in [0.25, 0.3) is 11.0 Å². The highest BCUT2D eigenvalue weighted by molar-refractivity contribution is 7.98. The summed E-state index contributed by atoms with van der Waals surface area (Å²) in [6.07, 6.45) is 2.84. The number of para-hydroxylation sites is 2. The number of hydrogen-bond donors (Lipinski definition) is 1. The fourth-order valence-electron chi connectivity index (χ4n) is 3.68. The molecule has 4 rings (SSSR count). The van der Waals surface area contributed by atoms with Crippen LogP contribution in [-0.2, 0) is 6.54 Å². The van der Waals surface area contributed by atoms with Gasteiger partial charge in [0.15, 0.2) is 0 Å². The topological polar surface area (TPSA) is 46.9 Å². The van der Waals surface area contributed by atoms with Gasteiger partial charge in [0.05, 0.1) is 27.7 Å². The molecular weight excluding hydrogens is 426 g/mol. The van der Waals surface area contributed by atoms with E-state index in [4.69, 9.17) is 16.6 Å². The smallest absolute Gasteiger partial charge is 0.253 e. The van der Waals surface area contributed by atoms with Crippen molar-refractivity contribution in [3.63, 3.8) is 0 Å². The van der Waals surface area contributed by atoms with Crippen molar-refractivity contribution in [2.45, 2.75) is 19.0 Å². The highest BCUT2D eigenvalue weighted by atomic mass is 35.5.